The van der Waals surface area contributed by atoms with Crippen LogP contribution < -0.4 is 10.8 Å². The lowest BCUT2D eigenvalue weighted by Crippen LogP contribution is -2.24. The van der Waals surface area contributed by atoms with Crippen molar-refractivity contribution in [3.05, 3.63) is 0 Å². The fraction of sp³-hybridized carbons (Fsp3) is 0.957. The van der Waals surface area contributed by atoms with Gasteiger partial charge in [-0.2, -0.15) is 5.48 Å². The molecule has 27 heavy (non-hydrogen) atoms. The zero-order valence-corrected chi connectivity index (χ0v) is 18.5. The van der Waals surface area contributed by atoms with E-state index in [1.54, 1.807) is 0 Å². The predicted octanol–water partition coefficient (Wildman–Crippen LogP) is 6.30. The lowest BCUT2D eigenvalue weighted by Gasteiger charge is -2.06. The summed E-state index contributed by atoms with van der Waals surface area (Å²) in [5.41, 5.74) is 2.65. The molecule has 0 spiro atoms. The molecular formula is C23H48N2O2. The van der Waals surface area contributed by atoms with Gasteiger partial charge in [-0.25, -0.2) is 0 Å². The minimum Gasteiger partial charge on any atom is -0.371 e. The minimum absolute atomic E-state index is 0.281. The lowest BCUT2D eigenvalue weighted by atomic mass is 10.0. The van der Waals surface area contributed by atoms with Crippen LogP contribution in [0.2, 0.25) is 0 Å². The molecule has 0 saturated heterocycles. The lowest BCUT2D eigenvalue weighted by molar-refractivity contribution is -0.148. The molecule has 0 bridgehead atoms. The third-order valence-corrected chi connectivity index (χ3v) is 5.06. The maximum absolute atomic E-state index is 10.6. The average molecular weight is 385 g/mol. The van der Waals surface area contributed by atoms with Gasteiger partial charge in [0, 0.05) is 13.5 Å². The topological polar surface area (TPSA) is 50.4 Å². The molecular weight excluding hydrogens is 336 g/mol. The summed E-state index contributed by atoms with van der Waals surface area (Å²) in [6.07, 6.45) is 23.6. The highest BCUT2D eigenvalue weighted by atomic mass is 16.7. The number of rotatable bonds is 22. The van der Waals surface area contributed by atoms with Gasteiger partial charge in [-0.1, -0.05) is 103 Å². The molecule has 0 aliphatic heterocycles. The maximum Gasteiger partial charge on any atom is 0.321 e. The second-order valence-electron chi connectivity index (χ2n) is 7.89. The Bertz CT molecular complexity index is 298. The Morgan fingerprint density at radius 3 is 1.44 bits per heavy atom. The van der Waals surface area contributed by atoms with Crippen molar-refractivity contribution >= 4 is 5.97 Å². The van der Waals surface area contributed by atoms with Crippen molar-refractivity contribution in [2.45, 2.75) is 123 Å². The van der Waals surface area contributed by atoms with Gasteiger partial charge in [0.05, 0.1) is 0 Å². The van der Waals surface area contributed by atoms with Gasteiger partial charge >= 0.3 is 5.97 Å². The molecule has 4 heteroatoms. The third kappa shape index (κ3) is 25.4. The van der Waals surface area contributed by atoms with Crippen LogP contribution in [0, 0.1) is 0 Å². The summed E-state index contributed by atoms with van der Waals surface area (Å²) in [5, 5.41) is 3.44. The van der Waals surface area contributed by atoms with Crippen molar-refractivity contribution in [2.24, 2.45) is 0 Å². The summed E-state index contributed by atoms with van der Waals surface area (Å²) in [4.78, 5) is 15.2. The van der Waals surface area contributed by atoms with Gasteiger partial charge < -0.3 is 10.2 Å². The first-order valence-electron chi connectivity index (χ1n) is 11.9. The highest BCUT2D eigenvalue weighted by Gasteiger charge is 1.95. The molecule has 0 rings (SSSR count). The number of carbonyl (C=O) groups is 1. The number of hydrogen-bond acceptors (Lipinski definition) is 4. The van der Waals surface area contributed by atoms with Crippen LogP contribution in [0.1, 0.15) is 123 Å². The van der Waals surface area contributed by atoms with E-state index in [1.165, 1.54) is 110 Å². The highest BCUT2D eigenvalue weighted by molar-refractivity contribution is 5.65. The van der Waals surface area contributed by atoms with Crippen LogP contribution in [0.5, 0.6) is 0 Å². The summed E-state index contributed by atoms with van der Waals surface area (Å²) in [6, 6.07) is 0. The quantitative estimate of drug-likeness (QED) is 0.170. The molecule has 0 aliphatic carbocycles. The van der Waals surface area contributed by atoms with E-state index in [1.807, 2.05) is 0 Å². The van der Waals surface area contributed by atoms with E-state index in [0.29, 0.717) is 6.54 Å². The molecule has 0 saturated carbocycles. The Hall–Kier alpha value is -0.610. The van der Waals surface area contributed by atoms with Gasteiger partial charge in [0.25, 0.3) is 0 Å². The van der Waals surface area contributed by atoms with Crippen molar-refractivity contribution < 1.29 is 9.63 Å². The van der Waals surface area contributed by atoms with E-state index in [-0.39, 0.29) is 5.97 Å². The molecule has 2 N–H and O–H groups in total. The monoisotopic (exact) mass is 384 g/mol. The first-order valence-corrected chi connectivity index (χ1v) is 11.9. The van der Waals surface area contributed by atoms with Gasteiger partial charge in [0.1, 0.15) is 0 Å². The molecule has 0 aromatic heterocycles. The van der Waals surface area contributed by atoms with Crippen LogP contribution in [0.4, 0.5) is 0 Å². The number of carbonyl (C=O) groups excluding carboxylic acids is 1. The fourth-order valence-electron chi connectivity index (χ4n) is 3.36. The third-order valence-electron chi connectivity index (χ3n) is 5.06. The number of hydroxylamine groups is 1. The van der Waals surface area contributed by atoms with E-state index in [0.717, 1.165) is 19.5 Å². The Morgan fingerprint density at radius 2 is 1.00 bits per heavy atom. The standard InChI is InChI=1S/C23H48N2O2/c1-3-4-5-6-7-8-9-10-11-12-13-14-15-16-17-18-20-24-21-19-22-25-27-23(2)26/h24-25H,3-22H2,1-2H3. The zero-order valence-electron chi connectivity index (χ0n) is 18.5. The molecule has 0 amide bonds. The van der Waals surface area contributed by atoms with Crippen molar-refractivity contribution in [3.63, 3.8) is 0 Å². The summed E-state index contributed by atoms with van der Waals surface area (Å²) in [6.45, 7) is 6.49. The first kappa shape index (κ1) is 26.4. The first-order chi connectivity index (χ1) is 13.3. The van der Waals surface area contributed by atoms with Crippen LogP contribution in [-0.4, -0.2) is 25.6 Å². The van der Waals surface area contributed by atoms with Crippen LogP contribution in [-0.2, 0) is 9.63 Å². The van der Waals surface area contributed by atoms with Gasteiger partial charge in [0.15, 0.2) is 0 Å². The van der Waals surface area contributed by atoms with Crippen LogP contribution in [0.25, 0.3) is 0 Å². The van der Waals surface area contributed by atoms with E-state index in [4.69, 9.17) is 0 Å². The van der Waals surface area contributed by atoms with Gasteiger partial charge in [-0.3, -0.25) is 4.79 Å². The Labute approximate surface area is 169 Å². The second kappa shape index (κ2) is 23.4. The number of hydrogen-bond donors (Lipinski definition) is 2. The zero-order chi connectivity index (χ0) is 19.8. The Kier molecular flexibility index (Phi) is 22.9. The molecule has 162 valence electrons. The van der Waals surface area contributed by atoms with Crippen molar-refractivity contribution in [1.29, 1.82) is 0 Å². The summed E-state index contributed by atoms with van der Waals surface area (Å²) in [7, 11) is 0. The number of unbranched alkanes of at least 4 members (excludes halogenated alkanes) is 15. The molecule has 0 aliphatic rings. The summed E-state index contributed by atoms with van der Waals surface area (Å²) < 4.78 is 0. The number of nitrogens with one attached hydrogen (secondary N) is 2. The average Bonchev–Trinajstić information content (AvgIpc) is 2.65. The van der Waals surface area contributed by atoms with Gasteiger partial charge in [-0.15, -0.1) is 0 Å². The van der Waals surface area contributed by atoms with Crippen molar-refractivity contribution in [3.8, 4) is 0 Å². The largest absolute Gasteiger partial charge is 0.371 e. The Balaban J connectivity index is 2.98. The molecule has 0 fully saturated rings. The second-order valence-corrected chi connectivity index (χ2v) is 7.89. The van der Waals surface area contributed by atoms with Crippen LogP contribution in [0.3, 0.4) is 0 Å². The van der Waals surface area contributed by atoms with E-state index >= 15 is 0 Å². The molecule has 0 atom stereocenters. The smallest absolute Gasteiger partial charge is 0.321 e. The van der Waals surface area contributed by atoms with E-state index in [2.05, 4.69) is 22.6 Å². The van der Waals surface area contributed by atoms with Crippen molar-refractivity contribution in [2.75, 3.05) is 19.6 Å². The predicted molar refractivity (Wildman–Crippen MR) is 117 cm³/mol. The molecule has 0 heterocycles. The van der Waals surface area contributed by atoms with Crippen LogP contribution in [0.15, 0.2) is 0 Å². The maximum atomic E-state index is 10.6. The van der Waals surface area contributed by atoms with Crippen molar-refractivity contribution in [1.82, 2.24) is 10.8 Å². The fourth-order valence-corrected chi connectivity index (χ4v) is 3.36. The van der Waals surface area contributed by atoms with Gasteiger partial charge in [0.2, 0.25) is 0 Å². The van der Waals surface area contributed by atoms with E-state index in [9.17, 15) is 4.79 Å². The molecule has 0 radical (unpaired) electrons. The highest BCUT2D eigenvalue weighted by Crippen LogP contribution is 2.13. The van der Waals surface area contributed by atoms with E-state index < -0.39 is 0 Å². The minimum atomic E-state index is -0.281. The normalized spacial score (nSPS) is 11.0. The molecule has 0 aromatic carbocycles. The summed E-state index contributed by atoms with van der Waals surface area (Å²) in [5.74, 6) is -0.281. The van der Waals surface area contributed by atoms with Gasteiger partial charge in [-0.05, 0) is 25.9 Å². The van der Waals surface area contributed by atoms with Crippen LogP contribution >= 0.6 is 0 Å². The molecule has 0 aromatic rings. The summed E-state index contributed by atoms with van der Waals surface area (Å²) >= 11 is 0. The molecule has 4 nitrogen and oxygen atoms in total. The molecule has 0 unspecified atom stereocenters. The SMILES string of the molecule is CCCCCCCCCCCCCCCCCCNCCCNOC(C)=O. The Morgan fingerprint density at radius 1 is 0.593 bits per heavy atom.